The number of benzene rings is 1. The van der Waals surface area contributed by atoms with Crippen LogP contribution in [-0.2, 0) is 27.2 Å². The third kappa shape index (κ3) is 6.37. The number of nitrogens with one attached hydrogen (secondary N) is 1. The molecule has 122 valence electrons. The van der Waals surface area contributed by atoms with E-state index in [-0.39, 0.29) is 17.8 Å². The minimum absolute atomic E-state index is 0.240. The van der Waals surface area contributed by atoms with Gasteiger partial charge in [0.25, 0.3) is 0 Å². The lowest BCUT2D eigenvalue weighted by Gasteiger charge is -2.13. The molecule has 0 unspecified atom stereocenters. The lowest BCUT2D eigenvalue weighted by Crippen LogP contribution is -2.36. The van der Waals surface area contributed by atoms with Gasteiger partial charge in [0.15, 0.2) is 0 Å². The van der Waals surface area contributed by atoms with Crippen LogP contribution < -0.4 is 11.1 Å². The highest BCUT2D eigenvalue weighted by Crippen LogP contribution is 2.10. The molecule has 0 amide bonds. The molecule has 0 aliphatic rings. The molecule has 5 heteroatoms. The standard InChI is InChI=1S/C17H26N2O3/c1-19-16(17(21)22-2)12-14-8-6-13(7-9-14)11-15(20)5-3-4-10-18/h6-9,16,19H,3-5,10-12,18H2,1-2H3/t16-/m0/s1. The molecule has 0 aliphatic carbocycles. The Balaban J connectivity index is 2.52. The van der Waals surface area contributed by atoms with Crippen LogP contribution in [0, 0.1) is 0 Å². The molecule has 0 fully saturated rings. The van der Waals surface area contributed by atoms with Gasteiger partial charge in [-0.3, -0.25) is 9.59 Å². The smallest absolute Gasteiger partial charge is 0.323 e. The Labute approximate surface area is 132 Å². The van der Waals surface area contributed by atoms with Crippen LogP contribution in [0.3, 0.4) is 0 Å². The molecule has 0 aliphatic heterocycles. The van der Waals surface area contributed by atoms with Crippen LogP contribution in [-0.4, -0.2) is 38.5 Å². The highest BCUT2D eigenvalue weighted by Gasteiger charge is 2.17. The quantitative estimate of drug-likeness (QED) is 0.502. The normalized spacial score (nSPS) is 12.0. The molecule has 1 aromatic rings. The van der Waals surface area contributed by atoms with E-state index in [0.29, 0.717) is 25.8 Å². The number of rotatable bonds is 10. The number of nitrogens with two attached hydrogens (primary N) is 1. The van der Waals surface area contributed by atoms with Crippen molar-refractivity contribution < 1.29 is 14.3 Å². The van der Waals surface area contributed by atoms with Gasteiger partial charge >= 0.3 is 5.97 Å². The fourth-order valence-corrected chi connectivity index (χ4v) is 2.26. The molecule has 0 spiro atoms. The maximum atomic E-state index is 11.8. The first kappa shape index (κ1) is 18.3. The third-order valence-electron chi connectivity index (χ3n) is 3.61. The molecule has 0 saturated heterocycles. The van der Waals surface area contributed by atoms with E-state index in [4.69, 9.17) is 10.5 Å². The molecule has 0 radical (unpaired) electrons. The number of carbonyl (C=O) groups excluding carboxylic acids is 2. The van der Waals surface area contributed by atoms with Gasteiger partial charge < -0.3 is 15.8 Å². The van der Waals surface area contributed by atoms with Crippen LogP contribution in [0.25, 0.3) is 0 Å². The van der Waals surface area contributed by atoms with E-state index in [1.54, 1.807) is 7.05 Å². The summed E-state index contributed by atoms with van der Waals surface area (Å²) in [5.74, 6) is -0.0366. The van der Waals surface area contributed by atoms with Gasteiger partial charge in [-0.05, 0) is 44.0 Å². The monoisotopic (exact) mass is 306 g/mol. The number of Topliss-reactive ketones (excluding diaryl/α,β-unsaturated/α-hetero) is 1. The van der Waals surface area contributed by atoms with Gasteiger partial charge in [0.05, 0.1) is 7.11 Å². The van der Waals surface area contributed by atoms with E-state index >= 15 is 0 Å². The molecule has 3 N–H and O–H groups in total. The van der Waals surface area contributed by atoms with Crippen LogP contribution in [0.15, 0.2) is 24.3 Å². The van der Waals surface area contributed by atoms with E-state index in [2.05, 4.69) is 5.32 Å². The SMILES string of the molecule is CN[C@@H](Cc1ccc(CC(=O)CCCCN)cc1)C(=O)OC. The Kier molecular flexibility index (Phi) is 8.40. The van der Waals surface area contributed by atoms with Gasteiger partial charge in [-0.1, -0.05) is 24.3 Å². The second-order valence-corrected chi connectivity index (χ2v) is 5.35. The first-order chi connectivity index (χ1) is 10.6. The van der Waals surface area contributed by atoms with Crippen molar-refractivity contribution in [3.8, 4) is 0 Å². The summed E-state index contributed by atoms with van der Waals surface area (Å²) in [7, 11) is 3.11. The fraction of sp³-hybridized carbons (Fsp3) is 0.529. The largest absolute Gasteiger partial charge is 0.468 e. The highest BCUT2D eigenvalue weighted by atomic mass is 16.5. The van der Waals surface area contributed by atoms with E-state index in [9.17, 15) is 9.59 Å². The molecule has 1 atom stereocenters. The maximum absolute atomic E-state index is 11.8. The van der Waals surface area contributed by atoms with Gasteiger partial charge in [-0.25, -0.2) is 0 Å². The average molecular weight is 306 g/mol. The Morgan fingerprint density at radius 3 is 2.36 bits per heavy atom. The van der Waals surface area contributed by atoms with Crippen LogP contribution in [0.2, 0.25) is 0 Å². The number of hydrogen-bond acceptors (Lipinski definition) is 5. The summed E-state index contributed by atoms with van der Waals surface area (Å²) >= 11 is 0. The number of methoxy groups -OCH3 is 1. The lowest BCUT2D eigenvalue weighted by atomic mass is 10.0. The van der Waals surface area contributed by atoms with Crippen molar-refractivity contribution in [1.82, 2.24) is 5.32 Å². The Morgan fingerprint density at radius 2 is 1.82 bits per heavy atom. The summed E-state index contributed by atoms with van der Waals surface area (Å²) in [6, 6.07) is 7.44. The van der Waals surface area contributed by atoms with Gasteiger partial charge in [-0.15, -0.1) is 0 Å². The topological polar surface area (TPSA) is 81.4 Å². The van der Waals surface area contributed by atoms with E-state index in [0.717, 1.165) is 24.0 Å². The van der Waals surface area contributed by atoms with E-state index in [1.807, 2.05) is 24.3 Å². The zero-order valence-corrected chi connectivity index (χ0v) is 13.4. The van der Waals surface area contributed by atoms with Gasteiger partial charge in [0.1, 0.15) is 11.8 Å². The molecule has 22 heavy (non-hydrogen) atoms. The summed E-state index contributed by atoms with van der Waals surface area (Å²) in [6.07, 6.45) is 3.36. The van der Waals surface area contributed by atoms with Gasteiger partial charge in [-0.2, -0.15) is 0 Å². The minimum Gasteiger partial charge on any atom is -0.468 e. The molecule has 0 saturated carbocycles. The number of ether oxygens (including phenoxy) is 1. The van der Waals surface area contributed by atoms with Crippen LogP contribution in [0.4, 0.5) is 0 Å². The van der Waals surface area contributed by atoms with Crippen LogP contribution in [0.1, 0.15) is 30.4 Å². The minimum atomic E-state index is -0.353. The Morgan fingerprint density at radius 1 is 1.18 bits per heavy atom. The number of carbonyl (C=O) groups is 2. The first-order valence-electron chi connectivity index (χ1n) is 7.65. The van der Waals surface area contributed by atoms with Crippen molar-refractivity contribution >= 4 is 11.8 Å². The molecule has 1 aromatic carbocycles. The zero-order chi connectivity index (χ0) is 16.4. The molecule has 0 heterocycles. The van der Waals surface area contributed by atoms with Gasteiger partial charge in [0.2, 0.25) is 0 Å². The Hall–Kier alpha value is -1.72. The second kappa shape index (κ2) is 10.1. The summed E-state index contributed by atoms with van der Waals surface area (Å²) in [6.45, 7) is 0.634. The number of ketones is 1. The first-order valence-corrected chi connectivity index (χ1v) is 7.65. The van der Waals surface area contributed by atoms with E-state index < -0.39 is 0 Å². The number of esters is 1. The fourth-order valence-electron chi connectivity index (χ4n) is 2.26. The van der Waals surface area contributed by atoms with Gasteiger partial charge in [0, 0.05) is 12.8 Å². The molecular formula is C17H26N2O3. The van der Waals surface area contributed by atoms with Crippen molar-refractivity contribution in [2.24, 2.45) is 5.73 Å². The zero-order valence-electron chi connectivity index (χ0n) is 13.4. The summed E-state index contributed by atoms with van der Waals surface area (Å²) in [5.41, 5.74) is 7.45. The predicted molar refractivity (Wildman–Crippen MR) is 86.6 cm³/mol. The highest BCUT2D eigenvalue weighted by molar-refractivity contribution is 5.80. The molecular weight excluding hydrogens is 280 g/mol. The van der Waals surface area contributed by atoms with Crippen molar-refractivity contribution in [2.75, 3.05) is 20.7 Å². The Bertz CT molecular complexity index is 471. The van der Waals surface area contributed by atoms with Crippen LogP contribution in [0.5, 0.6) is 0 Å². The number of unbranched alkanes of at least 4 members (excludes halogenated alkanes) is 1. The second-order valence-electron chi connectivity index (χ2n) is 5.35. The molecule has 5 nitrogen and oxygen atoms in total. The molecule has 1 rings (SSSR count). The van der Waals surface area contributed by atoms with Crippen molar-refractivity contribution in [3.05, 3.63) is 35.4 Å². The van der Waals surface area contributed by atoms with Crippen molar-refractivity contribution in [2.45, 2.75) is 38.1 Å². The van der Waals surface area contributed by atoms with Crippen molar-refractivity contribution in [1.29, 1.82) is 0 Å². The maximum Gasteiger partial charge on any atom is 0.323 e. The van der Waals surface area contributed by atoms with Crippen LogP contribution >= 0.6 is 0 Å². The number of likely N-dealkylation sites (N-methyl/N-ethyl adjacent to an activating group) is 1. The molecule has 0 aromatic heterocycles. The van der Waals surface area contributed by atoms with Crippen molar-refractivity contribution in [3.63, 3.8) is 0 Å². The number of hydrogen-bond donors (Lipinski definition) is 2. The van der Waals surface area contributed by atoms with E-state index in [1.165, 1.54) is 7.11 Å². The lowest BCUT2D eigenvalue weighted by molar-refractivity contribution is -0.142. The predicted octanol–water partition coefficient (Wildman–Crippen LogP) is 1.23. The average Bonchev–Trinajstić information content (AvgIpc) is 2.53. The molecule has 0 bridgehead atoms. The third-order valence-corrected chi connectivity index (χ3v) is 3.61. The summed E-state index contributed by atoms with van der Waals surface area (Å²) < 4.78 is 4.74. The summed E-state index contributed by atoms with van der Waals surface area (Å²) in [5, 5.41) is 2.94. The summed E-state index contributed by atoms with van der Waals surface area (Å²) in [4.78, 5) is 23.4.